The van der Waals surface area contributed by atoms with Gasteiger partial charge in [-0.1, -0.05) is 28.1 Å². The maximum Gasteiger partial charge on any atom is 0.0175 e. The second-order valence-electron chi connectivity index (χ2n) is 8.29. The van der Waals surface area contributed by atoms with Gasteiger partial charge in [0.25, 0.3) is 0 Å². The van der Waals surface area contributed by atoms with E-state index in [-0.39, 0.29) is 0 Å². The molecular formula is C20H28BrN. The molecule has 0 radical (unpaired) electrons. The van der Waals surface area contributed by atoms with Crippen LogP contribution in [0.25, 0.3) is 0 Å². The number of nitrogens with one attached hydrogen (secondary N) is 1. The molecule has 4 bridgehead atoms. The van der Waals surface area contributed by atoms with Gasteiger partial charge in [0.1, 0.15) is 0 Å². The molecule has 0 saturated heterocycles. The number of rotatable bonds is 6. The van der Waals surface area contributed by atoms with Crippen LogP contribution in [0.5, 0.6) is 0 Å². The summed E-state index contributed by atoms with van der Waals surface area (Å²) in [6.45, 7) is 2.34. The molecular weight excluding hydrogens is 334 g/mol. The summed E-state index contributed by atoms with van der Waals surface area (Å²) >= 11 is 3.50. The highest BCUT2D eigenvalue weighted by atomic mass is 79.9. The summed E-state index contributed by atoms with van der Waals surface area (Å²) < 4.78 is 1.17. The van der Waals surface area contributed by atoms with Gasteiger partial charge in [-0.3, -0.25) is 0 Å². The molecule has 1 N–H and O–H groups in total. The molecule has 4 aliphatic rings. The zero-order chi connectivity index (χ0) is 15.0. The van der Waals surface area contributed by atoms with Crippen LogP contribution in [-0.2, 0) is 6.42 Å². The Bertz CT molecular complexity index is 472. The van der Waals surface area contributed by atoms with E-state index in [1.165, 1.54) is 23.0 Å². The van der Waals surface area contributed by atoms with Gasteiger partial charge >= 0.3 is 0 Å². The first-order valence-electron chi connectivity index (χ1n) is 9.16. The Balaban J connectivity index is 1.21. The molecule has 120 valence electrons. The van der Waals surface area contributed by atoms with Crippen molar-refractivity contribution in [1.29, 1.82) is 0 Å². The number of benzene rings is 1. The second-order valence-corrected chi connectivity index (χ2v) is 9.21. The van der Waals surface area contributed by atoms with Crippen LogP contribution in [0.4, 0.5) is 0 Å². The summed E-state index contributed by atoms with van der Waals surface area (Å²) in [5.41, 5.74) is 2.17. The summed E-state index contributed by atoms with van der Waals surface area (Å²) in [6, 6.07) is 8.74. The van der Waals surface area contributed by atoms with E-state index in [1.807, 2.05) is 0 Å². The Morgan fingerprint density at radius 1 is 0.909 bits per heavy atom. The van der Waals surface area contributed by atoms with Crippen LogP contribution in [0, 0.1) is 23.2 Å². The Morgan fingerprint density at radius 2 is 1.50 bits per heavy atom. The van der Waals surface area contributed by atoms with E-state index in [0.717, 1.165) is 36.1 Å². The van der Waals surface area contributed by atoms with Gasteiger partial charge in [0.15, 0.2) is 0 Å². The van der Waals surface area contributed by atoms with Crippen molar-refractivity contribution in [2.75, 3.05) is 13.1 Å². The van der Waals surface area contributed by atoms with Crippen LogP contribution in [0.2, 0.25) is 0 Å². The van der Waals surface area contributed by atoms with E-state index in [1.54, 1.807) is 38.5 Å². The van der Waals surface area contributed by atoms with Crippen molar-refractivity contribution in [3.63, 3.8) is 0 Å². The van der Waals surface area contributed by atoms with Crippen LogP contribution >= 0.6 is 15.9 Å². The Morgan fingerprint density at radius 3 is 2.09 bits per heavy atom. The van der Waals surface area contributed by atoms with Gasteiger partial charge in [-0.05, 0) is 105 Å². The molecule has 4 fully saturated rings. The largest absolute Gasteiger partial charge is 0.316 e. The monoisotopic (exact) mass is 361 g/mol. The predicted molar refractivity (Wildman–Crippen MR) is 95.9 cm³/mol. The molecule has 0 aromatic heterocycles. The number of halogens is 1. The molecule has 4 aliphatic carbocycles. The third kappa shape index (κ3) is 3.28. The van der Waals surface area contributed by atoms with Gasteiger partial charge in [-0.2, -0.15) is 0 Å². The average Bonchev–Trinajstić information content (AvgIpc) is 2.47. The van der Waals surface area contributed by atoms with Crippen LogP contribution < -0.4 is 5.32 Å². The number of hydrogen-bond donors (Lipinski definition) is 1. The zero-order valence-electron chi connectivity index (χ0n) is 13.5. The van der Waals surface area contributed by atoms with E-state index in [9.17, 15) is 0 Å². The molecule has 0 spiro atoms. The highest BCUT2D eigenvalue weighted by Crippen LogP contribution is 2.61. The summed E-state index contributed by atoms with van der Waals surface area (Å²) in [5, 5.41) is 3.71. The molecule has 1 aromatic rings. The Labute approximate surface area is 143 Å². The van der Waals surface area contributed by atoms with Crippen molar-refractivity contribution < 1.29 is 0 Å². The molecule has 1 aromatic carbocycles. The van der Waals surface area contributed by atoms with E-state index >= 15 is 0 Å². The van der Waals surface area contributed by atoms with Crippen molar-refractivity contribution in [2.45, 2.75) is 51.4 Å². The summed E-state index contributed by atoms with van der Waals surface area (Å²) in [7, 11) is 0. The molecule has 0 unspecified atom stereocenters. The molecule has 0 heterocycles. The van der Waals surface area contributed by atoms with E-state index in [4.69, 9.17) is 0 Å². The Kier molecular flexibility index (Phi) is 4.34. The molecule has 0 aliphatic heterocycles. The third-order valence-corrected chi connectivity index (χ3v) is 7.03. The minimum atomic E-state index is 0.735. The fourth-order valence-corrected chi connectivity index (χ4v) is 6.22. The van der Waals surface area contributed by atoms with Crippen LogP contribution in [0.1, 0.15) is 50.5 Å². The Hall–Kier alpha value is -0.340. The normalized spacial score (nSPS) is 36.0. The second kappa shape index (κ2) is 6.28. The summed E-state index contributed by atoms with van der Waals surface area (Å²) in [5.74, 6) is 3.28. The van der Waals surface area contributed by atoms with Gasteiger partial charge in [-0.25, -0.2) is 0 Å². The summed E-state index contributed by atoms with van der Waals surface area (Å²) in [6.07, 6.45) is 11.9. The van der Waals surface area contributed by atoms with Crippen molar-refractivity contribution in [1.82, 2.24) is 5.32 Å². The van der Waals surface area contributed by atoms with Crippen molar-refractivity contribution in [3.8, 4) is 0 Å². The van der Waals surface area contributed by atoms with E-state index in [0.29, 0.717) is 0 Å². The molecule has 1 nitrogen and oxygen atoms in total. The topological polar surface area (TPSA) is 12.0 Å². The molecule has 5 rings (SSSR count). The van der Waals surface area contributed by atoms with Crippen LogP contribution in [0.3, 0.4) is 0 Å². The van der Waals surface area contributed by atoms with Gasteiger partial charge in [-0.15, -0.1) is 0 Å². The molecule has 2 heteroatoms. The van der Waals surface area contributed by atoms with Gasteiger partial charge in [0, 0.05) is 4.47 Å². The highest BCUT2D eigenvalue weighted by molar-refractivity contribution is 9.10. The fraction of sp³-hybridized carbons (Fsp3) is 0.700. The van der Waals surface area contributed by atoms with Crippen molar-refractivity contribution in [3.05, 3.63) is 34.3 Å². The minimum Gasteiger partial charge on any atom is -0.316 e. The van der Waals surface area contributed by atoms with Crippen LogP contribution in [0.15, 0.2) is 28.7 Å². The van der Waals surface area contributed by atoms with Gasteiger partial charge in [0.05, 0.1) is 0 Å². The first kappa shape index (κ1) is 15.2. The standard InChI is InChI=1S/C20H28BrN/c21-19-3-1-15(2-4-19)5-7-22-8-6-20-12-16-9-17(13-20)11-18(10-16)14-20/h1-4,16-18,22H,5-14H2. The third-order valence-electron chi connectivity index (χ3n) is 6.50. The van der Waals surface area contributed by atoms with Crippen molar-refractivity contribution in [2.24, 2.45) is 23.2 Å². The predicted octanol–water partition coefficient (Wildman–Crippen LogP) is 5.19. The van der Waals surface area contributed by atoms with Crippen LogP contribution in [-0.4, -0.2) is 13.1 Å². The molecule has 4 saturated carbocycles. The molecule has 0 amide bonds. The highest BCUT2D eigenvalue weighted by Gasteiger charge is 2.50. The number of hydrogen-bond acceptors (Lipinski definition) is 1. The fourth-order valence-electron chi connectivity index (χ4n) is 5.96. The zero-order valence-corrected chi connectivity index (χ0v) is 15.1. The molecule has 0 atom stereocenters. The maximum atomic E-state index is 3.71. The first-order chi connectivity index (χ1) is 10.7. The van der Waals surface area contributed by atoms with Gasteiger partial charge < -0.3 is 5.32 Å². The van der Waals surface area contributed by atoms with E-state index < -0.39 is 0 Å². The smallest absolute Gasteiger partial charge is 0.0175 e. The van der Waals surface area contributed by atoms with E-state index in [2.05, 4.69) is 45.5 Å². The van der Waals surface area contributed by atoms with Crippen molar-refractivity contribution >= 4 is 15.9 Å². The van der Waals surface area contributed by atoms with Gasteiger partial charge in [0.2, 0.25) is 0 Å². The molecule has 22 heavy (non-hydrogen) atoms. The minimum absolute atomic E-state index is 0.735. The SMILES string of the molecule is Brc1ccc(CCNCCC23CC4CC(CC(C4)C2)C3)cc1. The first-order valence-corrected chi connectivity index (χ1v) is 9.95. The maximum absolute atomic E-state index is 3.71. The average molecular weight is 362 g/mol. The lowest BCUT2D eigenvalue weighted by Gasteiger charge is -2.57. The summed E-state index contributed by atoms with van der Waals surface area (Å²) in [4.78, 5) is 0. The lowest BCUT2D eigenvalue weighted by atomic mass is 9.49. The quantitative estimate of drug-likeness (QED) is 0.687. The lowest BCUT2D eigenvalue weighted by Crippen LogP contribution is -2.47. The lowest BCUT2D eigenvalue weighted by molar-refractivity contribution is -0.0567.